The largest absolute Gasteiger partial charge is 0.361 e. The molecule has 1 heterocycles. The molecule has 0 fully saturated rings. The summed E-state index contributed by atoms with van der Waals surface area (Å²) in [4.78, 5) is 24.0. The highest BCUT2D eigenvalue weighted by Gasteiger charge is 2.14. The van der Waals surface area contributed by atoms with Crippen LogP contribution in [0.1, 0.15) is 23.0 Å². The van der Waals surface area contributed by atoms with Crippen LogP contribution in [0.15, 0.2) is 35.0 Å². The molecule has 2 aromatic rings. The molecule has 1 aromatic carbocycles. The minimum Gasteiger partial charge on any atom is -0.361 e. The minimum absolute atomic E-state index is 0.0590. The number of hydrogen-bond donors (Lipinski definition) is 3. The van der Waals surface area contributed by atoms with Crippen molar-refractivity contribution in [3.8, 4) is 0 Å². The number of rotatable bonds is 6. The van der Waals surface area contributed by atoms with Gasteiger partial charge in [-0.2, -0.15) is 0 Å². The van der Waals surface area contributed by atoms with E-state index in [0.29, 0.717) is 29.2 Å². The van der Waals surface area contributed by atoms with Gasteiger partial charge in [0.2, 0.25) is 5.91 Å². The third-order valence-corrected chi connectivity index (χ3v) is 3.36. The lowest BCUT2D eigenvalue weighted by molar-refractivity contribution is -0.119. The number of carbonyl (C=O) groups excluding carboxylic acids is 2. The third-order valence-electron chi connectivity index (χ3n) is 3.36. The molecule has 1 aromatic heterocycles. The summed E-state index contributed by atoms with van der Waals surface area (Å²) in [5.74, 6) is -0.0136. The van der Waals surface area contributed by atoms with Crippen molar-refractivity contribution in [2.45, 2.75) is 13.8 Å². The first-order chi connectivity index (χ1) is 11.0. The summed E-state index contributed by atoms with van der Waals surface area (Å²) in [5, 5.41) is 12.1. The third kappa shape index (κ3) is 4.40. The summed E-state index contributed by atoms with van der Waals surface area (Å²) in [7, 11) is 1.80. The number of nitrogens with one attached hydrogen (secondary N) is 3. The zero-order chi connectivity index (χ0) is 16.8. The van der Waals surface area contributed by atoms with Crippen LogP contribution in [-0.4, -0.2) is 30.6 Å². The van der Waals surface area contributed by atoms with Crippen molar-refractivity contribution in [1.82, 2.24) is 10.5 Å². The number of benzene rings is 1. The maximum atomic E-state index is 12.0. The monoisotopic (exact) mass is 316 g/mol. The molecule has 7 nitrogen and oxygen atoms in total. The van der Waals surface area contributed by atoms with Crippen molar-refractivity contribution >= 4 is 23.2 Å². The Morgan fingerprint density at radius 2 is 1.78 bits per heavy atom. The molecule has 1 unspecified atom stereocenters. The van der Waals surface area contributed by atoms with Crippen LogP contribution in [-0.2, 0) is 4.79 Å². The maximum absolute atomic E-state index is 12.0. The molecule has 3 N–H and O–H groups in total. The van der Waals surface area contributed by atoms with Crippen LogP contribution in [0.4, 0.5) is 11.4 Å². The number of amides is 2. The first kappa shape index (κ1) is 16.7. The van der Waals surface area contributed by atoms with Crippen LogP contribution in [0.2, 0.25) is 0 Å². The van der Waals surface area contributed by atoms with Crippen molar-refractivity contribution in [3.05, 3.63) is 41.8 Å². The molecule has 0 aliphatic rings. The summed E-state index contributed by atoms with van der Waals surface area (Å²) in [6, 6.07) is 6.92. The molecule has 122 valence electrons. The van der Waals surface area contributed by atoms with E-state index in [1.165, 1.54) is 6.20 Å². The van der Waals surface area contributed by atoms with Gasteiger partial charge in [0.05, 0.1) is 6.20 Å². The van der Waals surface area contributed by atoms with Gasteiger partial charge < -0.3 is 20.5 Å². The zero-order valence-electron chi connectivity index (χ0n) is 13.3. The smallest absolute Gasteiger partial charge is 0.260 e. The highest BCUT2D eigenvalue weighted by Crippen LogP contribution is 2.16. The molecule has 0 saturated heterocycles. The lowest BCUT2D eigenvalue weighted by atomic mass is 10.1. The van der Waals surface area contributed by atoms with E-state index in [9.17, 15) is 9.59 Å². The second-order valence-electron chi connectivity index (χ2n) is 5.28. The number of aromatic nitrogens is 1. The van der Waals surface area contributed by atoms with Crippen molar-refractivity contribution in [3.63, 3.8) is 0 Å². The van der Waals surface area contributed by atoms with Crippen LogP contribution in [0, 0.1) is 12.8 Å². The lowest BCUT2D eigenvalue weighted by Crippen LogP contribution is -2.28. The highest BCUT2D eigenvalue weighted by atomic mass is 16.5. The molecular weight excluding hydrogens is 296 g/mol. The lowest BCUT2D eigenvalue weighted by Gasteiger charge is -2.12. The molecule has 7 heteroatoms. The van der Waals surface area contributed by atoms with Gasteiger partial charge in [-0.1, -0.05) is 12.1 Å². The van der Waals surface area contributed by atoms with Crippen LogP contribution in [0.5, 0.6) is 0 Å². The predicted octanol–water partition coefficient (Wildman–Crippen LogP) is 2.03. The molecule has 0 spiro atoms. The molecule has 0 saturated carbocycles. The van der Waals surface area contributed by atoms with Crippen LogP contribution < -0.4 is 16.0 Å². The van der Waals surface area contributed by atoms with Gasteiger partial charge in [0.15, 0.2) is 0 Å². The SMILES string of the molecule is CNCC(C)C(=O)Nc1ccc(NC(=O)c2cnoc2C)cc1. The molecule has 0 aliphatic heterocycles. The second kappa shape index (κ2) is 7.55. The topological polar surface area (TPSA) is 96.3 Å². The quantitative estimate of drug-likeness (QED) is 0.758. The Kier molecular flexibility index (Phi) is 5.48. The van der Waals surface area contributed by atoms with E-state index in [-0.39, 0.29) is 17.7 Å². The van der Waals surface area contributed by atoms with Gasteiger partial charge in [-0.3, -0.25) is 9.59 Å². The van der Waals surface area contributed by atoms with E-state index in [0.717, 1.165) is 0 Å². The summed E-state index contributed by atoms with van der Waals surface area (Å²) >= 11 is 0. The number of aryl methyl sites for hydroxylation is 1. The molecule has 2 rings (SSSR count). The minimum atomic E-state index is -0.289. The average molecular weight is 316 g/mol. The van der Waals surface area contributed by atoms with Gasteiger partial charge in [0.1, 0.15) is 11.3 Å². The van der Waals surface area contributed by atoms with E-state index < -0.39 is 0 Å². The molecule has 0 radical (unpaired) electrons. The molecule has 1 atom stereocenters. The van der Waals surface area contributed by atoms with Gasteiger partial charge in [-0.25, -0.2) is 0 Å². The van der Waals surface area contributed by atoms with E-state index in [1.54, 1.807) is 38.2 Å². The van der Waals surface area contributed by atoms with E-state index in [2.05, 4.69) is 21.1 Å². The van der Waals surface area contributed by atoms with Gasteiger partial charge in [-0.15, -0.1) is 0 Å². The fraction of sp³-hybridized carbons (Fsp3) is 0.312. The van der Waals surface area contributed by atoms with Crippen LogP contribution in [0.25, 0.3) is 0 Å². The molecule has 0 aliphatic carbocycles. The van der Waals surface area contributed by atoms with Crippen molar-refractivity contribution < 1.29 is 14.1 Å². The number of anilines is 2. The Balaban J connectivity index is 1.96. The second-order valence-corrected chi connectivity index (χ2v) is 5.28. The first-order valence-corrected chi connectivity index (χ1v) is 7.29. The average Bonchev–Trinajstić information content (AvgIpc) is 2.95. The van der Waals surface area contributed by atoms with Crippen LogP contribution in [0.3, 0.4) is 0 Å². The standard InChI is InChI=1S/C16H20N4O3/c1-10(8-17-3)15(21)19-12-4-6-13(7-5-12)20-16(22)14-9-18-23-11(14)2/h4-7,9-10,17H,8H2,1-3H3,(H,19,21)(H,20,22). The van der Waals surface area contributed by atoms with Crippen LogP contribution >= 0.6 is 0 Å². The zero-order valence-corrected chi connectivity index (χ0v) is 13.3. The summed E-state index contributed by atoms with van der Waals surface area (Å²) in [5.41, 5.74) is 1.69. The molecule has 23 heavy (non-hydrogen) atoms. The fourth-order valence-corrected chi connectivity index (χ4v) is 2.02. The Labute approximate surface area is 134 Å². The van der Waals surface area contributed by atoms with Crippen molar-refractivity contribution in [2.75, 3.05) is 24.2 Å². The van der Waals surface area contributed by atoms with Gasteiger partial charge in [0, 0.05) is 23.8 Å². The summed E-state index contributed by atoms with van der Waals surface area (Å²) in [6.07, 6.45) is 1.38. The van der Waals surface area contributed by atoms with Gasteiger partial charge >= 0.3 is 0 Å². The fourth-order valence-electron chi connectivity index (χ4n) is 2.02. The van der Waals surface area contributed by atoms with Gasteiger partial charge in [-0.05, 0) is 38.2 Å². The van der Waals surface area contributed by atoms with Gasteiger partial charge in [0.25, 0.3) is 5.91 Å². The summed E-state index contributed by atoms with van der Waals surface area (Å²) in [6.45, 7) is 4.13. The predicted molar refractivity (Wildman–Crippen MR) is 87.4 cm³/mol. The molecule has 0 bridgehead atoms. The molecular formula is C16H20N4O3. The normalized spacial score (nSPS) is 11.8. The Bertz CT molecular complexity index is 679. The maximum Gasteiger partial charge on any atom is 0.260 e. The number of carbonyl (C=O) groups is 2. The number of nitrogens with zero attached hydrogens (tertiary/aromatic N) is 1. The highest BCUT2D eigenvalue weighted by molar-refractivity contribution is 6.04. The molecule has 2 amide bonds. The van der Waals surface area contributed by atoms with E-state index >= 15 is 0 Å². The van der Waals surface area contributed by atoms with Crippen molar-refractivity contribution in [1.29, 1.82) is 0 Å². The van der Waals surface area contributed by atoms with Crippen molar-refractivity contribution in [2.24, 2.45) is 5.92 Å². The Hall–Kier alpha value is -2.67. The number of hydrogen-bond acceptors (Lipinski definition) is 5. The Morgan fingerprint density at radius 1 is 1.17 bits per heavy atom. The van der Waals surface area contributed by atoms with E-state index in [1.807, 2.05) is 6.92 Å². The Morgan fingerprint density at radius 3 is 2.30 bits per heavy atom. The summed E-state index contributed by atoms with van der Waals surface area (Å²) < 4.78 is 4.86. The first-order valence-electron chi connectivity index (χ1n) is 7.29. The van der Waals surface area contributed by atoms with E-state index in [4.69, 9.17) is 4.52 Å².